The molecule has 1 heterocycles. The van der Waals surface area contributed by atoms with Gasteiger partial charge in [-0.2, -0.15) is 0 Å². The minimum Gasteiger partial charge on any atom is -0.456 e. The lowest BCUT2D eigenvalue weighted by Crippen LogP contribution is -2.49. The normalized spacial score (nSPS) is 16.0. The molecular formula is C22H22N2O6. The van der Waals surface area contributed by atoms with Crippen LogP contribution in [-0.2, 0) is 9.53 Å². The lowest BCUT2D eigenvalue weighted by molar-refractivity contribution is -0.385. The quantitative estimate of drug-likeness (QED) is 0.296. The van der Waals surface area contributed by atoms with Gasteiger partial charge in [-0.05, 0) is 30.5 Å². The molecule has 3 atom stereocenters. The van der Waals surface area contributed by atoms with Gasteiger partial charge in [0.2, 0.25) is 0 Å². The Kier molecular flexibility index (Phi) is 5.96. The van der Waals surface area contributed by atoms with Crippen LogP contribution in [0.1, 0.15) is 59.6 Å². The van der Waals surface area contributed by atoms with Crippen LogP contribution in [0.3, 0.4) is 0 Å². The number of nitro groups is 1. The van der Waals surface area contributed by atoms with Crippen LogP contribution in [0.25, 0.3) is 0 Å². The number of amides is 2. The highest BCUT2D eigenvalue weighted by molar-refractivity contribution is 6.22. The summed E-state index contributed by atoms with van der Waals surface area (Å²) in [6.07, 6.45) is -0.252. The predicted octanol–water partition coefficient (Wildman–Crippen LogP) is 3.91. The Balaban J connectivity index is 1.87. The molecule has 0 N–H and O–H groups in total. The highest BCUT2D eigenvalue weighted by Gasteiger charge is 2.45. The first kappa shape index (κ1) is 21.2. The van der Waals surface area contributed by atoms with E-state index in [1.165, 1.54) is 18.2 Å². The molecule has 0 aliphatic carbocycles. The lowest BCUT2D eigenvalue weighted by atomic mass is 9.97. The van der Waals surface area contributed by atoms with Crippen LogP contribution < -0.4 is 0 Å². The molecule has 1 aliphatic heterocycles. The molecule has 8 nitrogen and oxygen atoms in total. The van der Waals surface area contributed by atoms with Crippen molar-refractivity contribution in [3.8, 4) is 0 Å². The Hall–Kier alpha value is -3.55. The van der Waals surface area contributed by atoms with E-state index in [0.717, 1.165) is 4.90 Å². The number of hydrogen-bond acceptors (Lipinski definition) is 6. The first-order valence-corrected chi connectivity index (χ1v) is 9.68. The highest BCUT2D eigenvalue weighted by Crippen LogP contribution is 2.30. The van der Waals surface area contributed by atoms with Gasteiger partial charge in [-0.1, -0.05) is 44.5 Å². The fraction of sp³-hybridized carbons (Fsp3) is 0.318. The van der Waals surface area contributed by atoms with Crippen molar-refractivity contribution in [2.75, 3.05) is 0 Å². The van der Waals surface area contributed by atoms with Crippen molar-refractivity contribution in [3.05, 3.63) is 75.3 Å². The molecule has 2 aromatic carbocycles. The number of imide groups is 1. The summed E-state index contributed by atoms with van der Waals surface area (Å²) in [6.45, 7) is 5.22. The number of benzene rings is 2. The van der Waals surface area contributed by atoms with Crippen molar-refractivity contribution >= 4 is 23.5 Å². The number of carbonyl (C=O) groups excluding carboxylic acids is 3. The van der Waals surface area contributed by atoms with Gasteiger partial charge in [0, 0.05) is 12.1 Å². The number of ether oxygens (including phenoxy) is 1. The number of esters is 1. The summed E-state index contributed by atoms with van der Waals surface area (Å²) in [5.41, 5.74) is 0.850. The standard InChI is InChI=1S/C22H22N2O6/c1-4-13(2)19(23-20(25)17-10-5-6-11-18(17)21(23)26)22(27)30-14(3)15-8-7-9-16(12-15)24(28)29/h5-14,19H,4H2,1-3H3/t13-,14+,19-/m0/s1. The number of fused-ring (bicyclic) bond motifs is 1. The number of nitro benzene ring substituents is 1. The van der Waals surface area contributed by atoms with E-state index >= 15 is 0 Å². The van der Waals surface area contributed by atoms with Gasteiger partial charge in [0.25, 0.3) is 17.5 Å². The van der Waals surface area contributed by atoms with Crippen LogP contribution in [-0.4, -0.2) is 33.6 Å². The molecule has 0 saturated carbocycles. The zero-order valence-electron chi connectivity index (χ0n) is 16.9. The summed E-state index contributed by atoms with van der Waals surface area (Å²) in [5.74, 6) is -2.11. The van der Waals surface area contributed by atoms with E-state index in [1.807, 2.05) is 6.92 Å². The van der Waals surface area contributed by atoms with Gasteiger partial charge in [-0.3, -0.25) is 24.6 Å². The van der Waals surface area contributed by atoms with Crippen LogP contribution in [0.5, 0.6) is 0 Å². The first-order valence-electron chi connectivity index (χ1n) is 9.68. The van der Waals surface area contributed by atoms with Crippen molar-refractivity contribution in [2.45, 2.75) is 39.3 Å². The fourth-order valence-electron chi connectivity index (χ4n) is 3.48. The van der Waals surface area contributed by atoms with Gasteiger partial charge in [-0.15, -0.1) is 0 Å². The summed E-state index contributed by atoms with van der Waals surface area (Å²) in [4.78, 5) is 50.3. The molecule has 3 rings (SSSR count). The number of nitrogens with zero attached hydrogens (tertiary/aromatic N) is 2. The molecule has 0 unspecified atom stereocenters. The minimum absolute atomic E-state index is 0.116. The van der Waals surface area contributed by atoms with Gasteiger partial charge in [-0.25, -0.2) is 4.79 Å². The molecule has 0 aromatic heterocycles. The minimum atomic E-state index is -1.09. The summed E-state index contributed by atoms with van der Waals surface area (Å²) in [7, 11) is 0. The maximum absolute atomic E-state index is 13.1. The van der Waals surface area contributed by atoms with Crippen LogP contribution >= 0.6 is 0 Å². The second-order valence-electron chi connectivity index (χ2n) is 7.29. The van der Waals surface area contributed by atoms with Crippen LogP contribution in [0.4, 0.5) is 5.69 Å². The van der Waals surface area contributed by atoms with E-state index in [1.54, 1.807) is 44.2 Å². The molecule has 2 amide bonds. The van der Waals surface area contributed by atoms with Gasteiger partial charge in [0.1, 0.15) is 12.1 Å². The summed E-state index contributed by atoms with van der Waals surface area (Å²) in [6, 6.07) is 11.1. The Morgan fingerprint density at radius 3 is 2.20 bits per heavy atom. The van der Waals surface area contributed by atoms with Gasteiger partial charge in [0.15, 0.2) is 0 Å². The average Bonchev–Trinajstić information content (AvgIpc) is 2.99. The van der Waals surface area contributed by atoms with E-state index in [-0.39, 0.29) is 22.7 Å². The number of rotatable bonds is 7. The van der Waals surface area contributed by atoms with Gasteiger partial charge >= 0.3 is 5.97 Å². The second kappa shape index (κ2) is 8.44. The Labute approximate surface area is 173 Å². The van der Waals surface area contributed by atoms with E-state index in [9.17, 15) is 24.5 Å². The number of hydrogen-bond donors (Lipinski definition) is 0. The van der Waals surface area contributed by atoms with E-state index < -0.39 is 34.9 Å². The smallest absolute Gasteiger partial charge is 0.330 e. The molecule has 156 valence electrons. The van der Waals surface area contributed by atoms with Crippen LogP contribution in [0.2, 0.25) is 0 Å². The number of carbonyl (C=O) groups is 3. The van der Waals surface area contributed by atoms with E-state index in [4.69, 9.17) is 4.74 Å². The van der Waals surface area contributed by atoms with Crippen molar-refractivity contribution in [1.82, 2.24) is 4.90 Å². The molecule has 30 heavy (non-hydrogen) atoms. The molecule has 8 heteroatoms. The van der Waals surface area contributed by atoms with E-state index in [2.05, 4.69) is 0 Å². The lowest BCUT2D eigenvalue weighted by Gasteiger charge is -2.30. The third kappa shape index (κ3) is 3.80. The topological polar surface area (TPSA) is 107 Å². The van der Waals surface area contributed by atoms with E-state index in [0.29, 0.717) is 12.0 Å². The predicted molar refractivity (Wildman–Crippen MR) is 108 cm³/mol. The highest BCUT2D eigenvalue weighted by atomic mass is 16.6. The Bertz CT molecular complexity index is 983. The second-order valence-corrected chi connectivity index (χ2v) is 7.29. The first-order chi connectivity index (χ1) is 14.3. The number of non-ortho nitro benzene ring substituents is 1. The maximum Gasteiger partial charge on any atom is 0.330 e. The zero-order valence-corrected chi connectivity index (χ0v) is 16.9. The van der Waals surface area contributed by atoms with Crippen LogP contribution in [0, 0.1) is 16.0 Å². The fourth-order valence-corrected chi connectivity index (χ4v) is 3.48. The van der Waals surface area contributed by atoms with Crippen molar-refractivity contribution in [3.63, 3.8) is 0 Å². The summed E-state index contributed by atoms with van der Waals surface area (Å²) >= 11 is 0. The largest absolute Gasteiger partial charge is 0.456 e. The molecule has 0 spiro atoms. The van der Waals surface area contributed by atoms with Crippen molar-refractivity contribution < 1.29 is 24.0 Å². The zero-order chi connectivity index (χ0) is 22.0. The summed E-state index contributed by atoms with van der Waals surface area (Å²) < 4.78 is 5.56. The molecule has 0 saturated heterocycles. The monoisotopic (exact) mass is 410 g/mol. The Morgan fingerprint density at radius 2 is 1.67 bits per heavy atom. The Morgan fingerprint density at radius 1 is 1.07 bits per heavy atom. The maximum atomic E-state index is 13.1. The van der Waals surface area contributed by atoms with Crippen LogP contribution in [0.15, 0.2) is 48.5 Å². The van der Waals surface area contributed by atoms with Gasteiger partial charge < -0.3 is 4.74 Å². The molecule has 0 bridgehead atoms. The molecule has 0 radical (unpaired) electrons. The van der Waals surface area contributed by atoms with Gasteiger partial charge in [0.05, 0.1) is 16.1 Å². The third-order valence-corrected chi connectivity index (χ3v) is 5.37. The van der Waals surface area contributed by atoms with Crippen molar-refractivity contribution in [1.29, 1.82) is 0 Å². The van der Waals surface area contributed by atoms with Crippen molar-refractivity contribution in [2.24, 2.45) is 5.92 Å². The molecule has 0 fully saturated rings. The third-order valence-electron chi connectivity index (χ3n) is 5.37. The molecule has 1 aliphatic rings. The average molecular weight is 410 g/mol. The molecule has 2 aromatic rings. The molecular weight excluding hydrogens is 388 g/mol. The SMILES string of the molecule is CC[C@H](C)[C@@H](C(=O)O[C@H](C)c1cccc([N+](=O)[O-])c1)N1C(=O)c2ccccc2C1=O. The summed E-state index contributed by atoms with van der Waals surface area (Å²) in [5, 5.41) is 11.0.